The minimum Gasteiger partial charge on any atom is -0.480 e. The summed E-state index contributed by atoms with van der Waals surface area (Å²) in [5, 5.41) is 12.7. The Morgan fingerprint density at radius 3 is 2.54 bits per heavy atom. The van der Waals surface area contributed by atoms with Gasteiger partial charge in [0, 0.05) is 12.1 Å². The maximum atomic E-state index is 12.3. The maximum absolute atomic E-state index is 12.3. The Labute approximate surface area is 143 Å². The number of carboxylic acids is 1. The van der Waals surface area contributed by atoms with Gasteiger partial charge in [0.05, 0.1) is 6.61 Å². The molecule has 0 bridgehead atoms. The largest absolute Gasteiger partial charge is 0.480 e. The van der Waals surface area contributed by atoms with Crippen molar-refractivity contribution in [2.45, 2.75) is 37.1 Å². The Bertz CT molecular complexity index is 712. The standard InChI is InChI=1S/C13H18N2O7S2/c1-3-9(11(17)18)15-24(20,21)13-8(5-6-23-13)7-14-10(16)12(19)22-4-2/h5-6,9,15H,3-4,7H2,1-2H3,(H,14,16)(H,17,18). The zero-order valence-corrected chi connectivity index (χ0v) is 14.7. The molecular weight excluding hydrogens is 360 g/mol. The van der Waals surface area contributed by atoms with Crippen LogP contribution in [0.5, 0.6) is 0 Å². The molecule has 0 aromatic carbocycles. The van der Waals surface area contributed by atoms with E-state index in [0.29, 0.717) is 0 Å². The maximum Gasteiger partial charge on any atom is 0.396 e. The quantitative estimate of drug-likeness (QED) is 0.430. The summed E-state index contributed by atoms with van der Waals surface area (Å²) in [5.74, 6) is -3.33. The number of carboxylic acid groups (broad SMARTS) is 1. The number of carbonyl (C=O) groups is 3. The van der Waals surface area contributed by atoms with Crippen LogP contribution in [0, 0.1) is 0 Å². The van der Waals surface area contributed by atoms with E-state index in [9.17, 15) is 22.8 Å². The molecule has 9 nitrogen and oxygen atoms in total. The molecule has 0 fully saturated rings. The fraction of sp³-hybridized carbons (Fsp3) is 0.462. The van der Waals surface area contributed by atoms with E-state index in [4.69, 9.17) is 5.11 Å². The van der Waals surface area contributed by atoms with E-state index >= 15 is 0 Å². The number of ether oxygens (including phenoxy) is 1. The van der Waals surface area contributed by atoms with Gasteiger partial charge in [0.25, 0.3) is 10.0 Å². The van der Waals surface area contributed by atoms with Gasteiger partial charge in [-0.1, -0.05) is 6.92 Å². The SMILES string of the molecule is CCOC(=O)C(=O)NCc1ccsc1S(=O)(=O)NC(CC)C(=O)O. The Kier molecular flexibility index (Phi) is 7.32. The summed E-state index contributed by atoms with van der Waals surface area (Å²) in [6.45, 7) is 2.92. The van der Waals surface area contributed by atoms with E-state index in [1.807, 2.05) is 0 Å². The third-order valence-corrected chi connectivity index (χ3v) is 5.90. The lowest BCUT2D eigenvalue weighted by Crippen LogP contribution is -2.40. The van der Waals surface area contributed by atoms with Crippen LogP contribution in [0.25, 0.3) is 0 Å². The van der Waals surface area contributed by atoms with Crippen molar-refractivity contribution in [3.05, 3.63) is 17.0 Å². The predicted octanol–water partition coefficient (Wildman–Crippen LogP) is 0.0689. The highest BCUT2D eigenvalue weighted by Crippen LogP contribution is 2.23. The molecule has 0 aliphatic heterocycles. The van der Waals surface area contributed by atoms with Crippen molar-refractivity contribution in [3.63, 3.8) is 0 Å². The van der Waals surface area contributed by atoms with Crippen LogP contribution in [0.4, 0.5) is 0 Å². The number of carbonyl (C=O) groups excluding carboxylic acids is 2. The van der Waals surface area contributed by atoms with Gasteiger partial charge in [-0.15, -0.1) is 11.3 Å². The lowest BCUT2D eigenvalue weighted by molar-refractivity contribution is -0.154. The number of hydrogen-bond donors (Lipinski definition) is 3. The van der Waals surface area contributed by atoms with E-state index in [2.05, 4.69) is 14.8 Å². The van der Waals surface area contributed by atoms with Gasteiger partial charge in [-0.05, 0) is 24.8 Å². The first-order valence-corrected chi connectivity index (χ1v) is 9.35. The third kappa shape index (κ3) is 5.28. The van der Waals surface area contributed by atoms with Gasteiger partial charge in [-0.25, -0.2) is 13.2 Å². The number of nitrogens with one attached hydrogen (secondary N) is 2. The van der Waals surface area contributed by atoms with E-state index < -0.39 is 33.9 Å². The van der Waals surface area contributed by atoms with Crippen molar-refractivity contribution in [1.29, 1.82) is 0 Å². The molecule has 0 aliphatic rings. The topological polar surface area (TPSA) is 139 Å². The van der Waals surface area contributed by atoms with Crippen LogP contribution in [-0.4, -0.2) is 44.0 Å². The average molecular weight is 378 g/mol. The number of aliphatic carboxylic acids is 1. The van der Waals surface area contributed by atoms with Crippen LogP contribution in [0.15, 0.2) is 15.7 Å². The highest BCUT2D eigenvalue weighted by atomic mass is 32.2. The van der Waals surface area contributed by atoms with Crippen LogP contribution in [0.2, 0.25) is 0 Å². The molecule has 0 saturated carbocycles. The lowest BCUT2D eigenvalue weighted by Gasteiger charge is -2.13. The Hall–Kier alpha value is -1.98. The Morgan fingerprint density at radius 2 is 2.00 bits per heavy atom. The van der Waals surface area contributed by atoms with Crippen molar-refractivity contribution >= 4 is 39.2 Å². The van der Waals surface area contributed by atoms with E-state index in [0.717, 1.165) is 11.3 Å². The van der Waals surface area contributed by atoms with Gasteiger partial charge in [0.2, 0.25) is 0 Å². The van der Waals surface area contributed by atoms with Gasteiger partial charge >= 0.3 is 17.8 Å². The molecule has 1 atom stereocenters. The highest BCUT2D eigenvalue weighted by molar-refractivity contribution is 7.91. The van der Waals surface area contributed by atoms with E-state index in [-0.39, 0.29) is 29.3 Å². The normalized spacial score (nSPS) is 12.4. The molecule has 1 heterocycles. The van der Waals surface area contributed by atoms with Crippen LogP contribution in [-0.2, 0) is 35.7 Å². The molecule has 1 unspecified atom stereocenters. The fourth-order valence-corrected chi connectivity index (χ4v) is 4.38. The van der Waals surface area contributed by atoms with E-state index in [1.54, 1.807) is 6.92 Å². The molecule has 0 radical (unpaired) electrons. The van der Waals surface area contributed by atoms with E-state index in [1.165, 1.54) is 18.4 Å². The molecule has 0 spiro atoms. The number of rotatable bonds is 8. The van der Waals surface area contributed by atoms with Crippen molar-refractivity contribution < 1.29 is 32.6 Å². The molecule has 11 heteroatoms. The number of thiophene rings is 1. The second kappa shape index (κ2) is 8.76. The summed E-state index contributed by atoms with van der Waals surface area (Å²) >= 11 is 0.880. The first kappa shape index (κ1) is 20.1. The summed E-state index contributed by atoms with van der Waals surface area (Å²) in [7, 11) is -4.06. The minimum atomic E-state index is -4.06. The van der Waals surface area contributed by atoms with Crippen LogP contribution < -0.4 is 10.0 Å². The smallest absolute Gasteiger partial charge is 0.396 e. The number of hydrogen-bond acceptors (Lipinski definition) is 7. The molecular formula is C13H18N2O7S2. The van der Waals surface area contributed by atoms with Crippen molar-refractivity contribution in [2.75, 3.05) is 6.61 Å². The summed E-state index contributed by atoms with van der Waals surface area (Å²) in [6, 6.07) is 0.214. The van der Waals surface area contributed by atoms with Gasteiger partial charge in [-0.3, -0.25) is 9.59 Å². The second-order valence-electron chi connectivity index (χ2n) is 4.56. The van der Waals surface area contributed by atoms with Gasteiger partial charge in [0.1, 0.15) is 10.3 Å². The second-order valence-corrected chi connectivity index (χ2v) is 7.38. The Morgan fingerprint density at radius 1 is 1.33 bits per heavy atom. The lowest BCUT2D eigenvalue weighted by atomic mass is 10.2. The zero-order chi connectivity index (χ0) is 18.3. The van der Waals surface area contributed by atoms with Crippen LogP contribution >= 0.6 is 11.3 Å². The van der Waals surface area contributed by atoms with Crippen LogP contribution in [0.1, 0.15) is 25.8 Å². The summed E-state index contributed by atoms with van der Waals surface area (Å²) in [5.41, 5.74) is 0.241. The first-order chi connectivity index (χ1) is 11.2. The molecule has 1 aromatic rings. The molecule has 1 rings (SSSR count). The molecule has 3 N–H and O–H groups in total. The van der Waals surface area contributed by atoms with Gasteiger partial charge < -0.3 is 15.2 Å². The molecule has 24 heavy (non-hydrogen) atoms. The first-order valence-electron chi connectivity index (χ1n) is 6.99. The van der Waals surface area contributed by atoms with Crippen molar-refractivity contribution in [2.24, 2.45) is 0 Å². The van der Waals surface area contributed by atoms with Gasteiger partial charge in [-0.2, -0.15) is 4.72 Å². The summed E-state index contributed by atoms with van der Waals surface area (Å²) in [4.78, 5) is 33.7. The average Bonchev–Trinajstić information content (AvgIpc) is 2.99. The third-order valence-electron chi connectivity index (χ3n) is 2.85. The van der Waals surface area contributed by atoms with Crippen molar-refractivity contribution in [1.82, 2.24) is 10.0 Å². The summed E-state index contributed by atoms with van der Waals surface area (Å²) < 4.78 is 31.1. The number of amides is 1. The molecule has 1 aromatic heterocycles. The van der Waals surface area contributed by atoms with Gasteiger partial charge in [0.15, 0.2) is 0 Å². The molecule has 0 aliphatic carbocycles. The van der Waals surface area contributed by atoms with Crippen molar-refractivity contribution in [3.8, 4) is 0 Å². The molecule has 1 amide bonds. The highest BCUT2D eigenvalue weighted by Gasteiger charge is 2.27. The minimum absolute atomic E-state index is 0.0435. The zero-order valence-electron chi connectivity index (χ0n) is 13.1. The monoisotopic (exact) mass is 378 g/mol. The number of esters is 1. The molecule has 0 saturated heterocycles. The van der Waals surface area contributed by atoms with Crippen LogP contribution in [0.3, 0.4) is 0 Å². The Balaban J connectivity index is 2.86. The molecule has 134 valence electrons. The predicted molar refractivity (Wildman–Crippen MR) is 84.8 cm³/mol. The summed E-state index contributed by atoms with van der Waals surface area (Å²) in [6.07, 6.45) is 0.0782. The fourth-order valence-electron chi connectivity index (χ4n) is 1.68. The number of sulfonamides is 1.